The zero-order valence-corrected chi connectivity index (χ0v) is 16.4. The minimum Gasteiger partial charge on any atom is -0.390 e. The van der Waals surface area contributed by atoms with Gasteiger partial charge in [-0.15, -0.1) is 6.58 Å². The summed E-state index contributed by atoms with van der Waals surface area (Å²) in [5.74, 6) is 2.15. The van der Waals surface area contributed by atoms with E-state index in [-0.39, 0.29) is 17.6 Å². The van der Waals surface area contributed by atoms with Gasteiger partial charge in [0.15, 0.2) is 0 Å². The van der Waals surface area contributed by atoms with Gasteiger partial charge in [-0.05, 0) is 49.9 Å². The number of ether oxygens (including phenoxy) is 1. The first-order valence-electron chi connectivity index (χ1n) is 9.85. The van der Waals surface area contributed by atoms with Gasteiger partial charge in [-0.3, -0.25) is 0 Å². The normalized spacial score (nSPS) is 37.8. The molecule has 0 bridgehead atoms. The van der Waals surface area contributed by atoms with Crippen molar-refractivity contribution in [1.82, 2.24) is 0 Å². The molecule has 1 saturated heterocycles. The maximum atomic E-state index is 10.9. The molecule has 2 unspecified atom stereocenters. The first kappa shape index (κ1) is 19.7. The average molecular weight is 335 g/mol. The van der Waals surface area contributed by atoms with Gasteiger partial charge in [-0.2, -0.15) is 0 Å². The molecule has 1 N–H and O–H groups in total. The summed E-state index contributed by atoms with van der Waals surface area (Å²) in [7, 11) is 0. The molecule has 1 saturated carbocycles. The third kappa shape index (κ3) is 3.51. The molecular weight excluding hydrogens is 296 g/mol. The predicted molar refractivity (Wildman–Crippen MR) is 102 cm³/mol. The summed E-state index contributed by atoms with van der Waals surface area (Å²) in [6.45, 7) is 19.8. The monoisotopic (exact) mass is 334 g/mol. The van der Waals surface area contributed by atoms with Crippen LogP contribution in [0.3, 0.4) is 0 Å². The molecular formula is C22H38O2. The van der Waals surface area contributed by atoms with Crippen molar-refractivity contribution in [2.75, 3.05) is 0 Å². The summed E-state index contributed by atoms with van der Waals surface area (Å²) >= 11 is 0. The summed E-state index contributed by atoms with van der Waals surface area (Å²) in [4.78, 5) is 0. The molecule has 1 heterocycles. The second kappa shape index (κ2) is 7.74. The lowest BCUT2D eigenvalue weighted by atomic mass is 9.53. The fourth-order valence-corrected chi connectivity index (χ4v) is 5.60. The Morgan fingerprint density at radius 3 is 2.54 bits per heavy atom. The van der Waals surface area contributed by atoms with Crippen molar-refractivity contribution in [3.63, 3.8) is 0 Å². The fraction of sp³-hybridized carbons (Fsp3) is 0.818. The highest BCUT2D eigenvalue weighted by molar-refractivity contribution is 5.21. The molecule has 2 rings (SSSR count). The summed E-state index contributed by atoms with van der Waals surface area (Å²) in [5, 5.41) is 10.9. The molecule has 2 aliphatic rings. The Morgan fingerprint density at radius 2 is 2.00 bits per heavy atom. The number of aliphatic hydroxyl groups is 1. The van der Waals surface area contributed by atoms with Crippen LogP contribution >= 0.6 is 0 Å². The Kier molecular flexibility index (Phi) is 6.36. The van der Waals surface area contributed by atoms with Gasteiger partial charge in [0.05, 0.1) is 18.3 Å². The van der Waals surface area contributed by atoms with Gasteiger partial charge in [0, 0.05) is 11.3 Å². The molecule has 0 radical (unpaired) electrons. The van der Waals surface area contributed by atoms with Crippen LogP contribution in [-0.4, -0.2) is 23.4 Å². The smallest absolute Gasteiger partial charge is 0.0900 e. The van der Waals surface area contributed by atoms with Crippen molar-refractivity contribution in [2.45, 2.75) is 85.0 Å². The third-order valence-corrected chi connectivity index (χ3v) is 6.52. The molecule has 2 heteroatoms. The standard InChI is InChI=1S/C22H38O2/c1-8-9-10-18(23)21-22(7)17(15(4)5)12-11-16(6)20(22)19(24-21)13-14(2)3/h8,14-15,17-21,23H,1,6,9-13H2,2-5,7H3/t17-,18?,19-,20-,21+,22?/m1/s1. The maximum Gasteiger partial charge on any atom is 0.0900 e. The zero-order chi connectivity index (χ0) is 18.1. The van der Waals surface area contributed by atoms with Crippen LogP contribution in [0.5, 0.6) is 0 Å². The van der Waals surface area contributed by atoms with E-state index < -0.39 is 6.10 Å². The molecule has 2 nitrogen and oxygen atoms in total. The lowest BCUT2D eigenvalue weighted by Gasteiger charge is -2.50. The number of hydrogen-bond acceptors (Lipinski definition) is 2. The van der Waals surface area contributed by atoms with Crippen LogP contribution in [0.4, 0.5) is 0 Å². The van der Waals surface area contributed by atoms with E-state index in [1.165, 1.54) is 12.0 Å². The summed E-state index contributed by atoms with van der Waals surface area (Å²) in [6, 6.07) is 0. The van der Waals surface area contributed by atoms with Crippen molar-refractivity contribution in [3.8, 4) is 0 Å². The van der Waals surface area contributed by atoms with Crippen LogP contribution in [0, 0.1) is 29.1 Å². The van der Waals surface area contributed by atoms with E-state index in [2.05, 4.69) is 47.8 Å². The second-order valence-electron chi connectivity index (χ2n) is 9.05. The number of aliphatic hydroxyl groups excluding tert-OH is 1. The topological polar surface area (TPSA) is 29.5 Å². The Hall–Kier alpha value is -0.600. The van der Waals surface area contributed by atoms with Gasteiger partial charge in [0.25, 0.3) is 0 Å². The van der Waals surface area contributed by atoms with Crippen LogP contribution in [0.15, 0.2) is 24.8 Å². The van der Waals surface area contributed by atoms with Gasteiger partial charge >= 0.3 is 0 Å². The quantitative estimate of drug-likeness (QED) is 0.634. The highest BCUT2D eigenvalue weighted by Gasteiger charge is 2.61. The minimum absolute atomic E-state index is 0.0103. The summed E-state index contributed by atoms with van der Waals surface area (Å²) < 4.78 is 6.59. The molecule has 0 aromatic carbocycles. The van der Waals surface area contributed by atoms with E-state index >= 15 is 0 Å². The largest absolute Gasteiger partial charge is 0.390 e. The van der Waals surface area contributed by atoms with E-state index in [0.717, 1.165) is 25.7 Å². The van der Waals surface area contributed by atoms with Gasteiger partial charge < -0.3 is 9.84 Å². The highest BCUT2D eigenvalue weighted by Crippen LogP contribution is 2.60. The molecule has 1 aliphatic heterocycles. The molecule has 2 fully saturated rings. The van der Waals surface area contributed by atoms with E-state index in [0.29, 0.717) is 23.7 Å². The maximum absolute atomic E-state index is 10.9. The molecule has 0 spiro atoms. The van der Waals surface area contributed by atoms with Crippen LogP contribution in [0.2, 0.25) is 0 Å². The second-order valence-corrected chi connectivity index (χ2v) is 9.05. The molecule has 0 aromatic heterocycles. The fourth-order valence-electron chi connectivity index (χ4n) is 5.60. The van der Waals surface area contributed by atoms with Gasteiger partial charge in [0.2, 0.25) is 0 Å². The lowest BCUT2D eigenvalue weighted by Crippen LogP contribution is -2.50. The van der Waals surface area contributed by atoms with Crippen molar-refractivity contribution >= 4 is 0 Å². The lowest BCUT2D eigenvalue weighted by molar-refractivity contribution is -0.0920. The van der Waals surface area contributed by atoms with E-state index in [4.69, 9.17) is 4.74 Å². The van der Waals surface area contributed by atoms with E-state index in [1.54, 1.807) is 0 Å². The van der Waals surface area contributed by atoms with Crippen LogP contribution < -0.4 is 0 Å². The first-order valence-corrected chi connectivity index (χ1v) is 9.85. The molecule has 0 aromatic rings. The van der Waals surface area contributed by atoms with Gasteiger partial charge in [0.1, 0.15) is 0 Å². The van der Waals surface area contributed by atoms with Gasteiger partial charge in [-0.25, -0.2) is 0 Å². The van der Waals surface area contributed by atoms with Crippen molar-refractivity contribution < 1.29 is 9.84 Å². The third-order valence-electron chi connectivity index (χ3n) is 6.52. The molecule has 0 amide bonds. The zero-order valence-electron chi connectivity index (χ0n) is 16.4. The summed E-state index contributed by atoms with van der Waals surface area (Å²) in [6.07, 6.45) is 6.50. The molecule has 6 atom stereocenters. The van der Waals surface area contributed by atoms with E-state index in [9.17, 15) is 5.11 Å². The minimum atomic E-state index is -0.417. The van der Waals surface area contributed by atoms with Crippen molar-refractivity contribution in [1.29, 1.82) is 0 Å². The number of allylic oxidation sites excluding steroid dienone is 1. The van der Waals surface area contributed by atoms with Crippen LogP contribution in [-0.2, 0) is 4.74 Å². The summed E-state index contributed by atoms with van der Waals surface area (Å²) in [5.41, 5.74) is 1.34. The Labute approximate surface area is 149 Å². The average Bonchev–Trinajstić information content (AvgIpc) is 2.77. The number of fused-ring (bicyclic) bond motifs is 1. The highest BCUT2D eigenvalue weighted by atomic mass is 16.5. The SMILES string of the molecule is C=CCCC(O)[C@@H]1O[C@H](CC(C)C)[C@H]2C(=C)CC[C@H](C(C)C)C21C. The number of rotatable bonds is 7. The van der Waals surface area contributed by atoms with Gasteiger partial charge in [-0.1, -0.05) is 52.8 Å². The Balaban J connectivity index is 2.38. The molecule has 1 aliphatic carbocycles. The predicted octanol–water partition coefficient (Wildman–Crippen LogP) is 5.37. The van der Waals surface area contributed by atoms with Crippen molar-refractivity contribution in [3.05, 3.63) is 24.8 Å². The molecule has 138 valence electrons. The Morgan fingerprint density at radius 1 is 1.33 bits per heavy atom. The first-order chi connectivity index (χ1) is 11.2. The Bertz CT molecular complexity index is 453. The van der Waals surface area contributed by atoms with Crippen LogP contribution in [0.25, 0.3) is 0 Å². The van der Waals surface area contributed by atoms with Crippen LogP contribution in [0.1, 0.15) is 66.7 Å². The molecule has 24 heavy (non-hydrogen) atoms. The van der Waals surface area contributed by atoms with Crippen molar-refractivity contribution in [2.24, 2.45) is 29.1 Å². The van der Waals surface area contributed by atoms with E-state index in [1.807, 2.05) is 6.08 Å². The number of hydrogen-bond donors (Lipinski definition) is 1.